The zero-order valence-electron chi connectivity index (χ0n) is 17.7. The third-order valence-electron chi connectivity index (χ3n) is 5.15. The van der Waals surface area contributed by atoms with Crippen LogP contribution in [0.3, 0.4) is 0 Å². The summed E-state index contributed by atoms with van der Waals surface area (Å²) in [7, 11) is 1.60. The average Bonchev–Trinajstić information content (AvgIpc) is 2.84. The number of anilines is 3. The fourth-order valence-corrected chi connectivity index (χ4v) is 4.10. The van der Waals surface area contributed by atoms with E-state index in [1.807, 2.05) is 6.07 Å². The number of hydrogen-bond acceptors (Lipinski definition) is 7. The van der Waals surface area contributed by atoms with Crippen LogP contribution < -0.4 is 19.9 Å². The van der Waals surface area contributed by atoms with Gasteiger partial charge in [-0.05, 0) is 48.5 Å². The number of benzene rings is 2. The fourth-order valence-electron chi connectivity index (χ4n) is 3.44. The predicted octanol–water partition coefficient (Wildman–Crippen LogP) is 3.68. The minimum atomic E-state index is -0.226. The third-order valence-corrected chi connectivity index (χ3v) is 6.07. The summed E-state index contributed by atoms with van der Waals surface area (Å²) in [5, 5.41) is 3.62. The molecule has 0 aliphatic carbocycles. The van der Waals surface area contributed by atoms with Gasteiger partial charge in [-0.15, -0.1) is 0 Å². The van der Waals surface area contributed by atoms with E-state index in [0.717, 1.165) is 54.1 Å². The molecule has 32 heavy (non-hydrogen) atoms. The molecule has 1 fully saturated rings. The van der Waals surface area contributed by atoms with Crippen molar-refractivity contribution in [1.82, 2.24) is 9.97 Å². The van der Waals surface area contributed by atoms with Crippen molar-refractivity contribution < 1.29 is 13.9 Å². The molecule has 7 nitrogen and oxygen atoms in total. The molecular weight excluding hydrogens is 429 g/mol. The summed E-state index contributed by atoms with van der Waals surface area (Å²) in [5.41, 5.74) is 1.74. The van der Waals surface area contributed by atoms with Crippen LogP contribution in [0.1, 0.15) is 0 Å². The summed E-state index contributed by atoms with van der Waals surface area (Å²) in [5.74, 6) is 1.51. The van der Waals surface area contributed by atoms with Crippen LogP contribution >= 0.6 is 11.8 Å². The van der Waals surface area contributed by atoms with Crippen LogP contribution in [0.4, 0.5) is 21.6 Å². The molecule has 4 rings (SSSR count). The molecule has 1 aromatic heterocycles. The largest absolute Gasteiger partial charge is 0.497 e. The number of ether oxygens (including phenoxy) is 1. The van der Waals surface area contributed by atoms with Crippen LogP contribution in [-0.2, 0) is 4.79 Å². The van der Waals surface area contributed by atoms with Gasteiger partial charge in [-0.25, -0.2) is 14.4 Å². The van der Waals surface area contributed by atoms with Gasteiger partial charge in [0.15, 0.2) is 0 Å². The number of carbonyl (C=O) groups is 1. The van der Waals surface area contributed by atoms with Crippen LogP contribution in [0.2, 0.25) is 0 Å². The van der Waals surface area contributed by atoms with Crippen molar-refractivity contribution in [1.29, 1.82) is 0 Å². The zero-order valence-corrected chi connectivity index (χ0v) is 18.5. The molecule has 0 spiro atoms. The molecule has 1 amide bonds. The smallest absolute Gasteiger partial charge is 0.234 e. The summed E-state index contributed by atoms with van der Waals surface area (Å²) < 4.78 is 18.3. The molecule has 2 aromatic carbocycles. The lowest BCUT2D eigenvalue weighted by molar-refractivity contribution is -0.113. The lowest BCUT2D eigenvalue weighted by Crippen LogP contribution is -2.46. The van der Waals surface area contributed by atoms with Crippen molar-refractivity contribution in [3.63, 3.8) is 0 Å². The molecular formula is C23H24FN5O2S. The lowest BCUT2D eigenvalue weighted by Gasteiger charge is -2.36. The number of carbonyl (C=O) groups excluding carboxylic acids is 1. The molecule has 166 valence electrons. The maximum atomic E-state index is 13.2. The standard InChI is InChI=1S/C23H24FN5O2S/c1-31-20-8-4-18(5-9-20)27-22(30)15-32-23-14-21(25-16-26-23)29-12-10-28(11-13-29)19-6-2-17(24)3-7-19/h2-9,14,16H,10-13,15H2,1H3,(H,27,30). The predicted molar refractivity (Wildman–Crippen MR) is 125 cm³/mol. The van der Waals surface area contributed by atoms with E-state index in [1.54, 1.807) is 43.5 Å². The summed E-state index contributed by atoms with van der Waals surface area (Å²) in [4.78, 5) is 25.4. The molecule has 3 aromatic rings. The molecule has 0 unspecified atom stereocenters. The van der Waals surface area contributed by atoms with Gasteiger partial charge >= 0.3 is 0 Å². The van der Waals surface area contributed by atoms with Crippen molar-refractivity contribution >= 4 is 34.9 Å². The molecule has 9 heteroatoms. The molecule has 0 radical (unpaired) electrons. The number of methoxy groups -OCH3 is 1. The number of amides is 1. The van der Waals surface area contributed by atoms with Crippen molar-refractivity contribution in [2.24, 2.45) is 0 Å². The van der Waals surface area contributed by atoms with E-state index in [4.69, 9.17) is 4.74 Å². The first-order valence-corrected chi connectivity index (χ1v) is 11.2. The van der Waals surface area contributed by atoms with E-state index < -0.39 is 0 Å². The molecule has 1 N–H and O–H groups in total. The van der Waals surface area contributed by atoms with Crippen LogP contribution in [0, 0.1) is 5.82 Å². The summed E-state index contributed by atoms with van der Waals surface area (Å²) in [6.45, 7) is 3.25. The van der Waals surface area contributed by atoms with Gasteiger partial charge in [-0.1, -0.05) is 11.8 Å². The van der Waals surface area contributed by atoms with Crippen LogP contribution in [0.25, 0.3) is 0 Å². The van der Waals surface area contributed by atoms with Crippen LogP contribution in [0.5, 0.6) is 5.75 Å². The summed E-state index contributed by atoms with van der Waals surface area (Å²) >= 11 is 1.37. The topological polar surface area (TPSA) is 70.6 Å². The van der Waals surface area contributed by atoms with Crippen molar-refractivity contribution in [3.05, 3.63) is 66.7 Å². The van der Waals surface area contributed by atoms with E-state index in [1.165, 1.54) is 30.2 Å². The summed E-state index contributed by atoms with van der Waals surface area (Å²) in [6.07, 6.45) is 1.53. The Morgan fingerprint density at radius 1 is 1.03 bits per heavy atom. The second-order valence-electron chi connectivity index (χ2n) is 7.23. The zero-order chi connectivity index (χ0) is 22.3. The highest BCUT2D eigenvalue weighted by Gasteiger charge is 2.19. The Morgan fingerprint density at radius 3 is 2.41 bits per heavy atom. The number of nitrogens with one attached hydrogen (secondary N) is 1. The van der Waals surface area contributed by atoms with Gasteiger partial charge in [-0.2, -0.15) is 0 Å². The van der Waals surface area contributed by atoms with Crippen LogP contribution in [-0.4, -0.2) is 54.9 Å². The quantitative estimate of drug-likeness (QED) is 0.432. The Balaban J connectivity index is 1.28. The molecule has 0 bridgehead atoms. The highest BCUT2D eigenvalue weighted by atomic mass is 32.2. The van der Waals surface area contributed by atoms with Gasteiger partial charge < -0.3 is 19.9 Å². The number of piperazine rings is 1. The normalized spacial score (nSPS) is 13.7. The molecule has 1 aliphatic heterocycles. The Bertz CT molecular complexity index is 1040. The Morgan fingerprint density at radius 2 is 1.72 bits per heavy atom. The highest BCUT2D eigenvalue weighted by molar-refractivity contribution is 7.99. The number of hydrogen-bond donors (Lipinski definition) is 1. The van der Waals surface area contributed by atoms with E-state index in [2.05, 4.69) is 25.1 Å². The van der Waals surface area contributed by atoms with Gasteiger partial charge in [0.2, 0.25) is 5.91 Å². The highest BCUT2D eigenvalue weighted by Crippen LogP contribution is 2.23. The van der Waals surface area contributed by atoms with Crippen LogP contribution in [0.15, 0.2) is 66.0 Å². The van der Waals surface area contributed by atoms with Crippen molar-refractivity contribution in [3.8, 4) is 5.75 Å². The Labute approximate surface area is 190 Å². The number of nitrogens with zero attached hydrogens (tertiary/aromatic N) is 4. The van der Waals surface area contributed by atoms with E-state index >= 15 is 0 Å². The van der Waals surface area contributed by atoms with Gasteiger partial charge in [-0.3, -0.25) is 4.79 Å². The maximum Gasteiger partial charge on any atom is 0.234 e. The van der Waals surface area contributed by atoms with Gasteiger partial charge in [0, 0.05) is 43.6 Å². The molecule has 0 saturated carbocycles. The van der Waals surface area contributed by atoms with Gasteiger partial charge in [0.1, 0.15) is 28.7 Å². The lowest BCUT2D eigenvalue weighted by atomic mass is 10.2. The SMILES string of the molecule is COc1ccc(NC(=O)CSc2cc(N3CCN(c4ccc(F)cc4)CC3)ncn2)cc1. The fraction of sp³-hybridized carbons (Fsp3) is 0.261. The van der Waals surface area contributed by atoms with Crippen molar-refractivity contribution in [2.75, 3.05) is 54.2 Å². The Kier molecular flexibility index (Phi) is 7.06. The first kappa shape index (κ1) is 21.9. The molecule has 1 aliphatic rings. The number of halogens is 1. The number of aromatic nitrogens is 2. The Hall–Kier alpha value is -3.33. The molecule has 1 saturated heterocycles. The first-order chi connectivity index (χ1) is 15.6. The molecule has 2 heterocycles. The second kappa shape index (κ2) is 10.3. The third kappa shape index (κ3) is 5.67. The van der Waals surface area contributed by atoms with E-state index in [0.29, 0.717) is 0 Å². The average molecular weight is 454 g/mol. The van der Waals surface area contributed by atoms with Gasteiger partial charge in [0.25, 0.3) is 0 Å². The minimum Gasteiger partial charge on any atom is -0.497 e. The molecule has 0 atom stereocenters. The van der Waals surface area contributed by atoms with Crippen molar-refractivity contribution in [2.45, 2.75) is 5.03 Å². The summed E-state index contributed by atoms with van der Waals surface area (Å²) in [6, 6.07) is 15.7. The number of rotatable bonds is 7. The second-order valence-corrected chi connectivity index (χ2v) is 8.23. The van der Waals surface area contributed by atoms with E-state index in [9.17, 15) is 9.18 Å². The monoisotopic (exact) mass is 453 g/mol. The minimum absolute atomic E-state index is 0.103. The van der Waals surface area contributed by atoms with E-state index in [-0.39, 0.29) is 17.5 Å². The first-order valence-electron chi connectivity index (χ1n) is 10.2. The van der Waals surface area contributed by atoms with Gasteiger partial charge in [0.05, 0.1) is 12.9 Å². The number of thioether (sulfide) groups is 1. The maximum absolute atomic E-state index is 13.2.